The predicted molar refractivity (Wildman–Crippen MR) is 287 cm³/mol. The molecule has 0 bridgehead atoms. The summed E-state index contributed by atoms with van der Waals surface area (Å²) >= 11 is -6.02. The molecule has 2 aliphatic carbocycles. The topological polar surface area (TPSA) is 0 Å². The number of hydrogen-bond donors (Lipinski definition) is 0. The molecule has 0 spiro atoms. The van der Waals surface area contributed by atoms with Crippen LogP contribution in [0.4, 0.5) is 0 Å². The van der Waals surface area contributed by atoms with Gasteiger partial charge in [-0.1, -0.05) is 0 Å². The third-order valence-corrected chi connectivity index (χ3v) is 37.7. The van der Waals surface area contributed by atoms with Gasteiger partial charge in [0.15, 0.2) is 0 Å². The van der Waals surface area contributed by atoms with Gasteiger partial charge in [-0.05, 0) is 0 Å². The normalized spacial score (nSPS) is 17.0. The molecule has 66 heavy (non-hydrogen) atoms. The Hall–Kier alpha value is -5.08. The van der Waals surface area contributed by atoms with E-state index in [1.54, 1.807) is 0 Å². The van der Waals surface area contributed by atoms with Crippen LogP contribution in [0, 0.1) is 13.8 Å². The molecule has 0 fully saturated rings. The summed E-state index contributed by atoms with van der Waals surface area (Å²) in [5.74, 6) is 0.607. The van der Waals surface area contributed by atoms with Crippen molar-refractivity contribution in [3.8, 4) is 33.4 Å². The van der Waals surface area contributed by atoms with Crippen LogP contribution < -0.4 is 13.6 Å². The Labute approximate surface area is 402 Å². The molecule has 1 aliphatic heterocycles. The molecule has 11 rings (SSSR count). The average molecular weight is 990 g/mol. The molecular formula is C62H55Cl2SiZr. The molecule has 8 aromatic carbocycles. The number of halogens is 2. The van der Waals surface area contributed by atoms with Crippen molar-refractivity contribution in [3.05, 3.63) is 232 Å². The van der Waals surface area contributed by atoms with Crippen LogP contribution in [-0.4, -0.2) is 9.52 Å². The third-order valence-electron chi connectivity index (χ3n) is 15.2. The van der Waals surface area contributed by atoms with Crippen LogP contribution in [0.2, 0.25) is 0 Å². The second-order valence-electron chi connectivity index (χ2n) is 19.6. The van der Waals surface area contributed by atoms with Crippen LogP contribution in [0.15, 0.2) is 176 Å². The maximum atomic E-state index is 9.68. The Kier molecular flexibility index (Phi) is 10.9. The van der Waals surface area contributed by atoms with Crippen LogP contribution in [0.1, 0.15) is 102 Å². The van der Waals surface area contributed by atoms with Gasteiger partial charge in [0.25, 0.3) is 0 Å². The van der Waals surface area contributed by atoms with Gasteiger partial charge in [-0.2, -0.15) is 0 Å². The zero-order valence-corrected chi connectivity index (χ0v) is 44.1. The van der Waals surface area contributed by atoms with Gasteiger partial charge >= 0.3 is 405 Å². The molecule has 2 atom stereocenters. The Morgan fingerprint density at radius 1 is 0.439 bits per heavy atom. The molecule has 3 aliphatic rings. The Morgan fingerprint density at radius 2 is 0.864 bits per heavy atom. The van der Waals surface area contributed by atoms with Crippen molar-refractivity contribution in [1.29, 1.82) is 0 Å². The number of allylic oxidation sites excluding steroid dienone is 2. The van der Waals surface area contributed by atoms with Gasteiger partial charge in [-0.15, -0.1) is 0 Å². The van der Waals surface area contributed by atoms with Crippen LogP contribution in [0.5, 0.6) is 0 Å². The molecule has 0 radical (unpaired) electrons. The summed E-state index contributed by atoms with van der Waals surface area (Å²) in [6.45, 7) is 13.8. The fourth-order valence-electron chi connectivity index (χ4n) is 12.2. The molecule has 8 aromatic rings. The van der Waals surface area contributed by atoms with Gasteiger partial charge in [0.1, 0.15) is 0 Å². The Balaban J connectivity index is 1.31. The fraction of sp³-hybridized carbons (Fsp3) is 0.161. The van der Waals surface area contributed by atoms with Crippen molar-refractivity contribution >= 4 is 63.5 Å². The van der Waals surface area contributed by atoms with Crippen LogP contribution >= 0.6 is 17.0 Å². The average Bonchev–Trinajstić information content (AvgIpc) is 4.05. The van der Waals surface area contributed by atoms with Crippen LogP contribution in [0.25, 0.3) is 56.7 Å². The van der Waals surface area contributed by atoms with E-state index in [9.17, 15) is 17.0 Å². The molecule has 0 saturated heterocycles. The first kappa shape index (κ1) is 43.5. The molecule has 1 heterocycles. The van der Waals surface area contributed by atoms with Gasteiger partial charge in [0.2, 0.25) is 0 Å². The summed E-state index contributed by atoms with van der Waals surface area (Å²) in [5, 5.41) is 2.89. The summed E-state index contributed by atoms with van der Waals surface area (Å²) < 4.78 is 0.667. The van der Waals surface area contributed by atoms with Gasteiger partial charge in [0.05, 0.1) is 0 Å². The fourth-order valence-corrected chi connectivity index (χ4v) is 39.2. The quantitative estimate of drug-likeness (QED) is 0.126. The van der Waals surface area contributed by atoms with E-state index in [0.717, 1.165) is 0 Å². The van der Waals surface area contributed by atoms with E-state index in [1.807, 2.05) is 0 Å². The summed E-state index contributed by atoms with van der Waals surface area (Å²) in [5.41, 5.74) is 22.8. The van der Waals surface area contributed by atoms with Crippen molar-refractivity contribution < 1.29 is 16.4 Å². The molecule has 0 nitrogen and oxygen atoms in total. The molecule has 0 aromatic heterocycles. The molecule has 0 amide bonds. The molecule has 0 saturated carbocycles. The van der Waals surface area contributed by atoms with E-state index in [1.165, 1.54) is 114 Å². The molecule has 325 valence electrons. The van der Waals surface area contributed by atoms with E-state index >= 15 is 0 Å². The number of aryl methyl sites for hydroxylation is 2. The van der Waals surface area contributed by atoms with E-state index < -0.39 is 25.9 Å². The van der Waals surface area contributed by atoms with E-state index in [-0.39, 0.29) is 7.25 Å². The van der Waals surface area contributed by atoms with Crippen molar-refractivity contribution in [1.82, 2.24) is 0 Å². The van der Waals surface area contributed by atoms with Crippen LogP contribution in [-0.2, 0) is 16.4 Å². The number of rotatable bonds is 9. The zero-order valence-electron chi connectivity index (χ0n) is 38.7. The van der Waals surface area contributed by atoms with Crippen molar-refractivity contribution in [2.24, 2.45) is 0 Å². The van der Waals surface area contributed by atoms with Gasteiger partial charge in [-0.25, -0.2) is 0 Å². The predicted octanol–water partition coefficient (Wildman–Crippen LogP) is 15.2. The number of benzene rings is 8. The maximum absolute atomic E-state index is 9.68. The summed E-state index contributed by atoms with van der Waals surface area (Å²) in [6.07, 6.45) is 5.03. The SMILES string of the molecule is Cc1ccccc1-c1c(C(C)C)ccc2c1C=C(c1ccccc1)[CH]2[Zr]([Cl])([Cl])([c]1cccc2c1[SiH2]c1ccccc1-2)[CH]1C(c2ccccc2)=Cc2c1ccc(C(C)C)c2-c1ccccc1C. The van der Waals surface area contributed by atoms with E-state index in [0.29, 0.717) is 11.8 Å². The van der Waals surface area contributed by atoms with E-state index in [4.69, 9.17) is 0 Å². The summed E-state index contributed by atoms with van der Waals surface area (Å²) in [7, 11) is 18.4. The van der Waals surface area contributed by atoms with Crippen molar-refractivity contribution in [3.63, 3.8) is 0 Å². The van der Waals surface area contributed by atoms with Gasteiger partial charge < -0.3 is 0 Å². The first-order chi connectivity index (χ1) is 31.9. The van der Waals surface area contributed by atoms with Crippen molar-refractivity contribution in [2.45, 2.75) is 60.6 Å². The van der Waals surface area contributed by atoms with Gasteiger partial charge in [0, 0.05) is 0 Å². The van der Waals surface area contributed by atoms with E-state index in [2.05, 4.69) is 230 Å². The summed E-state index contributed by atoms with van der Waals surface area (Å²) in [6, 6.07) is 65.6. The van der Waals surface area contributed by atoms with Crippen LogP contribution in [0.3, 0.4) is 0 Å². The van der Waals surface area contributed by atoms with Crippen molar-refractivity contribution in [2.75, 3.05) is 0 Å². The molecule has 0 N–H and O–H groups in total. The van der Waals surface area contributed by atoms with Gasteiger partial charge in [-0.3, -0.25) is 0 Å². The summed E-state index contributed by atoms with van der Waals surface area (Å²) in [4.78, 5) is 0. The minimum atomic E-state index is -6.02. The standard InChI is InChI=1S/2C25H23.C12H9Si.2ClH.Zr/c2*1-17(2)22-14-13-20-15-21(19-10-5-4-6-11-19)16-24(20)25(22)23-12-8-7-9-18(23)3;1-3-7-11-9(5-1)10-6-2-4-8-12(10)13-11;;;/h2*4-17H,1-3H3;1-7H,13H2;2*1H;/q;;;;;+2/p-2. The Morgan fingerprint density at radius 3 is 1.33 bits per heavy atom. The third kappa shape index (κ3) is 6.69. The number of fused-ring (bicyclic) bond motifs is 5. The number of hydrogen-bond acceptors (Lipinski definition) is 0. The Bertz CT molecular complexity index is 3130. The minimum absolute atomic E-state index is 0.282. The molecule has 2 unspecified atom stereocenters. The molecular weight excluding hydrogens is 935 g/mol. The zero-order chi connectivity index (χ0) is 45.5. The monoisotopic (exact) mass is 987 g/mol. The second-order valence-corrected chi connectivity index (χ2v) is 42.0. The first-order valence-electron chi connectivity index (χ1n) is 23.7. The molecule has 4 heteroatoms. The second kappa shape index (κ2) is 16.6. The first-order valence-corrected chi connectivity index (χ1v) is 35.5.